The number of hydrogen-bond donors (Lipinski definition) is 2. The van der Waals surface area contributed by atoms with Gasteiger partial charge in [0.2, 0.25) is 5.91 Å². The lowest BCUT2D eigenvalue weighted by Crippen LogP contribution is -2.20. The van der Waals surface area contributed by atoms with Gasteiger partial charge in [-0.15, -0.1) is 0 Å². The molecule has 1 aliphatic rings. The van der Waals surface area contributed by atoms with Crippen LogP contribution < -0.4 is 11.1 Å². The van der Waals surface area contributed by atoms with Crippen LogP contribution >= 0.6 is 11.6 Å². The third-order valence-electron chi connectivity index (χ3n) is 5.83. The van der Waals surface area contributed by atoms with E-state index < -0.39 is 11.7 Å². The van der Waals surface area contributed by atoms with Gasteiger partial charge < -0.3 is 11.1 Å². The number of allylic oxidation sites excluding steroid dienone is 3. The highest BCUT2D eigenvalue weighted by Crippen LogP contribution is 2.35. The summed E-state index contributed by atoms with van der Waals surface area (Å²) in [7, 11) is 0. The molecule has 2 aromatic carbocycles. The van der Waals surface area contributed by atoms with Gasteiger partial charge in [0.1, 0.15) is 11.7 Å². The number of nitrogens with zero attached hydrogens (tertiary/aromatic N) is 2. The monoisotopic (exact) mass is 498 g/mol. The van der Waals surface area contributed by atoms with Crippen LogP contribution in [0.15, 0.2) is 115 Å². The first-order valence-electron chi connectivity index (χ1n) is 11.2. The van der Waals surface area contributed by atoms with Crippen molar-refractivity contribution < 1.29 is 9.18 Å². The molecule has 3 aromatic rings. The molecule has 180 valence electrons. The topological polar surface area (TPSA) is 80.4 Å². The molecule has 0 fully saturated rings. The first kappa shape index (κ1) is 24.8. The Balaban J connectivity index is 1.75. The van der Waals surface area contributed by atoms with Crippen molar-refractivity contribution in [2.24, 2.45) is 10.7 Å². The van der Waals surface area contributed by atoms with Gasteiger partial charge in [-0.3, -0.25) is 9.78 Å². The molecule has 5 nitrogen and oxygen atoms in total. The zero-order valence-electron chi connectivity index (χ0n) is 19.4. The number of hydrogen-bond acceptors (Lipinski definition) is 3. The second kappa shape index (κ2) is 11.0. The molecule has 0 bridgehead atoms. The number of nitrogens with two attached hydrogens (primary N) is 1. The van der Waals surface area contributed by atoms with Crippen LogP contribution in [0.3, 0.4) is 0 Å². The van der Waals surface area contributed by atoms with Crippen molar-refractivity contribution in [1.82, 2.24) is 4.98 Å². The molecule has 0 spiro atoms. The summed E-state index contributed by atoms with van der Waals surface area (Å²) < 4.78 is 13.8. The number of halogens is 2. The molecule has 0 saturated carbocycles. The van der Waals surface area contributed by atoms with E-state index in [1.54, 1.807) is 42.7 Å². The van der Waals surface area contributed by atoms with Crippen LogP contribution in [0.2, 0.25) is 5.02 Å². The summed E-state index contributed by atoms with van der Waals surface area (Å²) in [6, 6.07) is 15.3. The fourth-order valence-corrected chi connectivity index (χ4v) is 4.20. The van der Waals surface area contributed by atoms with Gasteiger partial charge in [-0.2, -0.15) is 0 Å². The highest BCUT2D eigenvalue weighted by Gasteiger charge is 2.23. The van der Waals surface area contributed by atoms with Crippen LogP contribution in [-0.2, 0) is 0 Å². The van der Waals surface area contributed by atoms with Gasteiger partial charge in [0.25, 0.3) is 0 Å². The Hall–Kier alpha value is -4.29. The minimum absolute atomic E-state index is 0.00864. The maximum absolute atomic E-state index is 13.8. The van der Waals surface area contributed by atoms with E-state index in [9.17, 15) is 9.18 Å². The molecule has 1 heterocycles. The average Bonchev–Trinajstić information content (AvgIpc) is 2.90. The number of carbonyl (C=O) groups excluding carboxylic acids is 1. The van der Waals surface area contributed by atoms with Gasteiger partial charge in [0.15, 0.2) is 0 Å². The highest BCUT2D eigenvalue weighted by atomic mass is 35.5. The Morgan fingerprint density at radius 2 is 2.03 bits per heavy atom. The molecule has 1 unspecified atom stereocenters. The summed E-state index contributed by atoms with van der Waals surface area (Å²) in [4.78, 5) is 20.9. The van der Waals surface area contributed by atoms with Crippen LogP contribution in [0.5, 0.6) is 0 Å². The zero-order chi connectivity index (χ0) is 25.7. The Morgan fingerprint density at radius 1 is 1.22 bits per heavy atom. The van der Waals surface area contributed by atoms with Crippen LogP contribution in [0.1, 0.15) is 33.8 Å². The Labute approximate surface area is 214 Å². The standard InChI is InChI=1S/C29H24ClFN4O/c1-3-19-15-20(23-8-4-5-9-25(23)28(32)36)10-12-24(19)29(34-18(2)21-7-6-14-33-17-21)35-22-11-13-27(31)26(30)16-22/h3-14,16-17,20H,1-2,15H2,(H2,32,36)(H,34,35). The predicted octanol–water partition coefficient (Wildman–Crippen LogP) is 6.68. The number of benzene rings is 2. The first-order valence-corrected chi connectivity index (χ1v) is 11.6. The summed E-state index contributed by atoms with van der Waals surface area (Å²) in [5.74, 6) is -0.577. The smallest absolute Gasteiger partial charge is 0.248 e. The second-order valence-electron chi connectivity index (χ2n) is 8.17. The fraction of sp³-hybridized carbons (Fsp3) is 0.0690. The second-order valence-corrected chi connectivity index (χ2v) is 8.57. The molecular formula is C29H24ClFN4O. The van der Waals surface area contributed by atoms with E-state index in [1.165, 1.54) is 12.1 Å². The molecule has 1 atom stereocenters. The summed E-state index contributed by atoms with van der Waals surface area (Å²) in [5.41, 5.74) is 10.4. The third kappa shape index (κ3) is 5.50. The molecule has 36 heavy (non-hydrogen) atoms. The number of primary amides is 1. The van der Waals surface area contributed by atoms with E-state index in [2.05, 4.69) is 23.5 Å². The van der Waals surface area contributed by atoms with Crippen molar-refractivity contribution in [3.05, 3.63) is 137 Å². The number of pyridine rings is 1. The lowest BCUT2D eigenvalue weighted by molar-refractivity contribution is 0.0999. The molecular weight excluding hydrogens is 475 g/mol. The normalized spacial score (nSPS) is 15.5. The van der Waals surface area contributed by atoms with E-state index in [4.69, 9.17) is 22.3 Å². The predicted molar refractivity (Wildman–Crippen MR) is 144 cm³/mol. The maximum atomic E-state index is 13.8. The van der Waals surface area contributed by atoms with Crippen molar-refractivity contribution in [2.45, 2.75) is 12.3 Å². The van der Waals surface area contributed by atoms with Crippen molar-refractivity contribution in [3.63, 3.8) is 0 Å². The van der Waals surface area contributed by atoms with Gasteiger partial charge in [0, 0.05) is 40.7 Å². The zero-order valence-corrected chi connectivity index (χ0v) is 20.2. The molecule has 3 N–H and O–H groups in total. The van der Waals surface area contributed by atoms with Crippen LogP contribution in [0.4, 0.5) is 10.1 Å². The summed E-state index contributed by atoms with van der Waals surface area (Å²) >= 11 is 6.01. The minimum atomic E-state index is -0.514. The van der Waals surface area contributed by atoms with Crippen molar-refractivity contribution >= 4 is 34.7 Å². The summed E-state index contributed by atoms with van der Waals surface area (Å²) in [6.07, 6.45) is 9.62. The SMILES string of the molecule is C=CC1=C(C(=NC(=C)c2cccnc2)Nc2ccc(F)c(Cl)c2)C=CC(c2ccccc2C(N)=O)C1. The number of rotatable bonds is 7. The lowest BCUT2D eigenvalue weighted by Gasteiger charge is -2.24. The van der Waals surface area contributed by atoms with E-state index in [1.807, 2.05) is 30.4 Å². The van der Waals surface area contributed by atoms with E-state index in [0.29, 0.717) is 29.2 Å². The molecule has 0 aliphatic heterocycles. The van der Waals surface area contributed by atoms with Crippen LogP contribution in [0.25, 0.3) is 5.70 Å². The largest absolute Gasteiger partial charge is 0.366 e. The van der Waals surface area contributed by atoms with Gasteiger partial charge in [-0.1, -0.05) is 61.2 Å². The molecule has 1 aromatic heterocycles. The Morgan fingerprint density at radius 3 is 2.72 bits per heavy atom. The third-order valence-corrected chi connectivity index (χ3v) is 6.12. The van der Waals surface area contributed by atoms with Crippen molar-refractivity contribution in [2.75, 3.05) is 5.32 Å². The fourth-order valence-electron chi connectivity index (χ4n) is 4.02. The summed E-state index contributed by atoms with van der Waals surface area (Å²) in [6.45, 7) is 8.10. The quantitative estimate of drug-likeness (QED) is 0.281. The summed E-state index contributed by atoms with van der Waals surface area (Å²) in [5, 5.41) is 3.24. The number of carbonyl (C=O) groups is 1. The number of aliphatic imine (C=N–C) groups is 1. The van der Waals surface area contributed by atoms with Crippen molar-refractivity contribution in [3.8, 4) is 0 Å². The molecule has 7 heteroatoms. The van der Waals surface area contributed by atoms with Gasteiger partial charge in [-0.05, 0) is 54.0 Å². The number of amides is 1. The van der Waals surface area contributed by atoms with Gasteiger partial charge in [-0.25, -0.2) is 9.38 Å². The van der Waals surface area contributed by atoms with E-state index >= 15 is 0 Å². The number of anilines is 1. The van der Waals surface area contributed by atoms with E-state index in [0.717, 1.165) is 22.3 Å². The minimum Gasteiger partial charge on any atom is -0.366 e. The van der Waals surface area contributed by atoms with Crippen LogP contribution in [0, 0.1) is 5.82 Å². The average molecular weight is 499 g/mol. The highest BCUT2D eigenvalue weighted by molar-refractivity contribution is 6.31. The van der Waals surface area contributed by atoms with Crippen LogP contribution in [-0.4, -0.2) is 16.7 Å². The number of amidine groups is 1. The number of nitrogens with one attached hydrogen (secondary N) is 1. The first-order chi connectivity index (χ1) is 17.4. The van der Waals surface area contributed by atoms with Gasteiger partial charge in [0.05, 0.1) is 10.7 Å². The molecule has 0 saturated heterocycles. The molecule has 1 amide bonds. The van der Waals surface area contributed by atoms with Gasteiger partial charge >= 0.3 is 0 Å². The molecule has 4 rings (SSSR count). The molecule has 1 aliphatic carbocycles. The lowest BCUT2D eigenvalue weighted by atomic mass is 9.82. The van der Waals surface area contributed by atoms with E-state index in [-0.39, 0.29) is 10.9 Å². The Kier molecular flexibility index (Phi) is 7.56. The van der Waals surface area contributed by atoms with Crippen molar-refractivity contribution in [1.29, 1.82) is 0 Å². The maximum Gasteiger partial charge on any atom is 0.248 e. The Bertz CT molecular complexity index is 1430. The molecule has 0 radical (unpaired) electrons. The number of aromatic nitrogens is 1.